The van der Waals surface area contributed by atoms with Crippen molar-refractivity contribution in [2.75, 3.05) is 19.7 Å². The molecule has 0 radical (unpaired) electrons. The molecule has 1 aromatic carbocycles. The Morgan fingerprint density at radius 1 is 1.36 bits per heavy atom. The monoisotopic (exact) mass is 560 g/mol. The number of aliphatic carboxylic acids is 1. The Kier molecular flexibility index (Phi) is 7.79. The van der Waals surface area contributed by atoms with Crippen LogP contribution in [0.1, 0.15) is 30.0 Å². The number of ether oxygens (including phenoxy) is 2. The number of nitrogens with one attached hydrogen (secondary N) is 1. The first-order valence-electron chi connectivity index (χ1n) is 10.7. The Balaban J connectivity index is 1.82. The van der Waals surface area contributed by atoms with Gasteiger partial charge in [-0.3, -0.25) is 9.69 Å². The molecule has 4 rings (SSSR count). The van der Waals surface area contributed by atoms with E-state index in [1.165, 1.54) is 17.4 Å². The lowest BCUT2D eigenvalue weighted by molar-refractivity contribution is -0.142. The third kappa shape index (κ3) is 5.77. The first-order valence-corrected chi connectivity index (χ1v) is 12.3. The van der Waals surface area contributed by atoms with E-state index in [1.807, 2.05) is 0 Å². The second-order valence-electron chi connectivity index (χ2n) is 7.96. The SMILES string of the molecule is CCOC(=O)OC1=C(CN2CC(F)(F)C[C@H]2C(=O)O)NC(c2nccs2)=N[C@@H]1c1ccc(Cl)cc1Cl. The maximum atomic E-state index is 14.2. The summed E-state index contributed by atoms with van der Waals surface area (Å²) in [5.74, 6) is -4.39. The van der Waals surface area contributed by atoms with E-state index in [1.54, 1.807) is 30.6 Å². The molecule has 0 unspecified atom stereocenters. The van der Waals surface area contributed by atoms with Crippen molar-refractivity contribution in [3.05, 3.63) is 61.8 Å². The minimum Gasteiger partial charge on any atom is -0.480 e. The summed E-state index contributed by atoms with van der Waals surface area (Å²) in [6.07, 6.45) is -0.329. The summed E-state index contributed by atoms with van der Waals surface area (Å²) in [5, 5.41) is 15.3. The fourth-order valence-electron chi connectivity index (χ4n) is 3.94. The summed E-state index contributed by atoms with van der Waals surface area (Å²) in [7, 11) is 0. The number of carbonyl (C=O) groups excluding carboxylic acids is 1. The molecule has 1 aromatic heterocycles. The van der Waals surface area contributed by atoms with Crippen LogP contribution in [0.25, 0.3) is 0 Å². The number of nitrogens with zero attached hydrogens (tertiary/aromatic N) is 3. The zero-order valence-electron chi connectivity index (χ0n) is 18.7. The van der Waals surface area contributed by atoms with Gasteiger partial charge in [0.1, 0.15) is 12.1 Å². The minimum atomic E-state index is -3.20. The minimum absolute atomic E-state index is 0.0221. The molecule has 2 N–H and O–H groups in total. The van der Waals surface area contributed by atoms with Crippen molar-refractivity contribution in [2.45, 2.75) is 31.4 Å². The molecule has 1 saturated heterocycles. The number of carbonyl (C=O) groups is 2. The molecule has 192 valence electrons. The number of hydrogen-bond acceptors (Lipinski definition) is 9. The number of alkyl halides is 2. The number of benzene rings is 1. The van der Waals surface area contributed by atoms with E-state index in [9.17, 15) is 23.5 Å². The van der Waals surface area contributed by atoms with Crippen LogP contribution in [0, 0.1) is 0 Å². The molecule has 0 saturated carbocycles. The number of thiazole rings is 1. The van der Waals surface area contributed by atoms with Gasteiger partial charge in [0.05, 0.1) is 18.8 Å². The van der Waals surface area contributed by atoms with Gasteiger partial charge in [0.25, 0.3) is 5.92 Å². The van der Waals surface area contributed by atoms with Crippen LogP contribution in [0.3, 0.4) is 0 Å². The standard InChI is InChI=1S/C22H20Cl2F2N4O5S/c1-2-34-21(33)35-17-14(9-30-10-22(25,26)8-15(30)20(31)32)28-18(19-27-5-6-36-19)29-16(17)12-4-3-11(23)7-13(12)24/h3-7,15-16H,2,8-10H2,1H3,(H,28,29)(H,31,32)/t15-,16+/m0/s1. The molecule has 0 aliphatic carbocycles. The van der Waals surface area contributed by atoms with E-state index >= 15 is 0 Å². The van der Waals surface area contributed by atoms with E-state index in [-0.39, 0.29) is 35.5 Å². The molecule has 36 heavy (non-hydrogen) atoms. The highest BCUT2D eigenvalue weighted by Crippen LogP contribution is 2.39. The largest absolute Gasteiger partial charge is 0.513 e. The summed E-state index contributed by atoms with van der Waals surface area (Å²) in [6.45, 7) is 0.505. The number of likely N-dealkylation sites (tertiary alicyclic amines) is 1. The average molecular weight is 561 g/mol. The van der Waals surface area contributed by atoms with E-state index < -0.39 is 43.1 Å². The Morgan fingerprint density at radius 3 is 2.78 bits per heavy atom. The highest BCUT2D eigenvalue weighted by Gasteiger charge is 2.49. The van der Waals surface area contributed by atoms with Crippen molar-refractivity contribution < 1.29 is 33.0 Å². The van der Waals surface area contributed by atoms with E-state index in [0.717, 1.165) is 4.90 Å². The molecule has 9 nitrogen and oxygen atoms in total. The van der Waals surface area contributed by atoms with E-state index in [2.05, 4.69) is 15.3 Å². The van der Waals surface area contributed by atoms with Crippen LogP contribution in [-0.4, -0.2) is 64.6 Å². The Labute approximate surface area is 218 Å². The molecule has 0 amide bonds. The fraction of sp³-hybridized carbons (Fsp3) is 0.364. The van der Waals surface area contributed by atoms with Crippen LogP contribution in [0.2, 0.25) is 10.0 Å². The van der Waals surface area contributed by atoms with Crippen molar-refractivity contribution in [1.82, 2.24) is 15.2 Å². The number of amidine groups is 1. The third-order valence-corrected chi connectivity index (χ3v) is 6.78. The smallest absolute Gasteiger partial charge is 0.480 e. The zero-order valence-corrected chi connectivity index (χ0v) is 21.0. The molecule has 1 fully saturated rings. The topological polar surface area (TPSA) is 113 Å². The number of aliphatic imine (C=N–C) groups is 1. The molecule has 0 bridgehead atoms. The van der Waals surface area contributed by atoms with Gasteiger partial charge in [0, 0.05) is 40.2 Å². The zero-order chi connectivity index (χ0) is 26.0. The lowest BCUT2D eigenvalue weighted by atomic mass is 10.0. The van der Waals surface area contributed by atoms with Crippen molar-refractivity contribution in [3.63, 3.8) is 0 Å². The number of aromatic nitrogens is 1. The van der Waals surface area contributed by atoms with Crippen molar-refractivity contribution in [1.29, 1.82) is 0 Å². The molecule has 2 aromatic rings. The molecule has 3 heterocycles. The van der Waals surface area contributed by atoms with Crippen LogP contribution < -0.4 is 5.32 Å². The maximum Gasteiger partial charge on any atom is 0.513 e. The molecule has 2 atom stereocenters. The second-order valence-corrected chi connectivity index (χ2v) is 9.69. The van der Waals surface area contributed by atoms with Gasteiger partial charge in [-0.2, -0.15) is 0 Å². The van der Waals surface area contributed by atoms with Crippen molar-refractivity contribution in [2.24, 2.45) is 4.99 Å². The molecular weight excluding hydrogens is 541 g/mol. The van der Waals surface area contributed by atoms with Crippen molar-refractivity contribution >= 4 is 52.5 Å². The van der Waals surface area contributed by atoms with Gasteiger partial charge in [-0.25, -0.2) is 23.6 Å². The number of carboxylic acids is 1. The summed E-state index contributed by atoms with van der Waals surface area (Å²) in [6, 6.07) is 2.20. The average Bonchev–Trinajstić information content (AvgIpc) is 3.43. The van der Waals surface area contributed by atoms with E-state index in [0.29, 0.717) is 15.6 Å². The first kappa shape index (κ1) is 26.3. The third-order valence-electron chi connectivity index (χ3n) is 5.43. The normalized spacial score (nSPS) is 21.6. The Bertz CT molecular complexity index is 1230. The van der Waals surface area contributed by atoms with E-state index in [4.69, 9.17) is 32.7 Å². The van der Waals surface area contributed by atoms with Crippen LogP contribution >= 0.6 is 34.5 Å². The molecule has 2 aliphatic heterocycles. The lowest BCUT2D eigenvalue weighted by Gasteiger charge is -2.30. The first-order chi connectivity index (χ1) is 17.1. The Hall–Kier alpha value is -2.80. The molecule has 2 aliphatic rings. The van der Waals surface area contributed by atoms with Gasteiger partial charge in [0.2, 0.25) is 0 Å². The fourth-order valence-corrected chi connectivity index (χ4v) is 5.04. The number of hydrogen-bond donors (Lipinski definition) is 2. The van der Waals surface area contributed by atoms with Gasteiger partial charge in [-0.15, -0.1) is 11.3 Å². The predicted molar refractivity (Wildman–Crippen MR) is 129 cm³/mol. The van der Waals surface area contributed by atoms with Gasteiger partial charge in [-0.1, -0.05) is 29.3 Å². The van der Waals surface area contributed by atoms with Gasteiger partial charge in [-0.05, 0) is 19.1 Å². The second kappa shape index (κ2) is 10.7. The summed E-state index contributed by atoms with van der Waals surface area (Å²) >= 11 is 13.8. The van der Waals surface area contributed by atoms with Crippen LogP contribution in [-0.2, 0) is 14.3 Å². The summed E-state index contributed by atoms with van der Waals surface area (Å²) < 4.78 is 38.8. The quantitative estimate of drug-likeness (QED) is 0.467. The highest BCUT2D eigenvalue weighted by atomic mass is 35.5. The number of rotatable bonds is 7. The summed E-state index contributed by atoms with van der Waals surface area (Å²) in [4.78, 5) is 34.1. The van der Waals surface area contributed by atoms with Gasteiger partial charge in [0.15, 0.2) is 16.6 Å². The number of carboxylic acid groups (broad SMARTS) is 1. The van der Waals surface area contributed by atoms with Crippen LogP contribution in [0.4, 0.5) is 13.6 Å². The van der Waals surface area contributed by atoms with Gasteiger partial charge < -0.3 is 19.9 Å². The number of halogens is 4. The Morgan fingerprint density at radius 2 is 2.14 bits per heavy atom. The van der Waals surface area contributed by atoms with Gasteiger partial charge >= 0.3 is 12.1 Å². The molecule has 14 heteroatoms. The lowest BCUT2D eigenvalue weighted by Crippen LogP contribution is -2.43. The van der Waals surface area contributed by atoms with Crippen LogP contribution in [0.5, 0.6) is 0 Å². The van der Waals surface area contributed by atoms with Crippen LogP contribution in [0.15, 0.2) is 46.2 Å². The predicted octanol–water partition coefficient (Wildman–Crippen LogP) is 4.72. The van der Waals surface area contributed by atoms with Crippen molar-refractivity contribution in [3.8, 4) is 0 Å². The highest BCUT2D eigenvalue weighted by molar-refractivity contribution is 7.11. The maximum absolute atomic E-state index is 14.2. The molecule has 0 spiro atoms. The molecular formula is C22H20Cl2F2N4O5S. The summed E-state index contributed by atoms with van der Waals surface area (Å²) in [5.41, 5.74) is 0.554.